The number of fused-ring (bicyclic) bond motifs is 1. The van der Waals surface area contributed by atoms with Crippen molar-refractivity contribution in [1.29, 1.82) is 0 Å². The van der Waals surface area contributed by atoms with Gasteiger partial charge < -0.3 is 0 Å². The summed E-state index contributed by atoms with van der Waals surface area (Å²) in [5, 5.41) is 1.11. The lowest BCUT2D eigenvalue weighted by Gasteiger charge is -2.11. The molecule has 2 nitrogen and oxygen atoms in total. The van der Waals surface area contributed by atoms with Crippen LogP contribution in [0.4, 0.5) is 0 Å². The van der Waals surface area contributed by atoms with Crippen LogP contribution < -0.4 is 0 Å². The number of hydrogen-bond acceptors (Lipinski definition) is 2. The van der Waals surface area contributed by atoms with Crippen LogP contribution in [0, 0.1) is 13.8 Å². The second-order valence-electron chi connectivity index (χ2n) is 7.38. The third-order valence-electron chi connectivity index (χ3n) is 5.13. The average Bonchev–Trinajstić information content (AvgIpc) is 2.74. The highest BCUT2D eigenvalue weighted by atomic mass is 16.1. The van der Waals surface area contributed by atoms with Crippen LogP contribution in [-0.4, -0.2) is 10.8 Å². The number of ketones is 1. The smallest absolute Gasteiger partial charge is 0.167 e. The van der Waals surface area contributed by atoms with Crippen molar-refractivity contribution >= 4 is 28.3 Å². The Morgan fingerprint density at radius 2 is 1.59 bits per heavy atom. The molecule has 0 aliphatic carbocycles. The van der Waals surface area contributed by atoms with Gasteiger partial charge in [-0.1, -0.05) is 72.3 Å². The molecule has 0 bridgehead atoms. The van der Waals surface area contributed by atoms with Gasteiger partial charge in [-0.3, -0.25) is 9.78 Å². The molecule has 0 N–H and O–H groups in total. The summed E-state index contributed by atoms with van der Waals surface area (Å²) in [5.74, 6) is 0.0928. The van der Waals surface area contributed by atoms with Crippen molar-refractivity contribution in [1.82, 2.24) is 4.98 Å². The Labute approximate surface area is 171 Å². The molecule has 0 saturated heterocycles. The van der Waals surface area contributed by atoms with E-state index >= 15 is 0 Å². The van der Waals surface area contributed by atoms with E-state index in [4.69, 9.17) is 0 Å². The maximum absolute atomic E-state index is 13.5. The Morgan fingerprint density at radius 1 is 0.897 bits per heavy atom. The molecule has 0 amide bonds. The lowest BCUT2D eigenvalue weighted by atomic mass is 9.93. The summed E-state index contributed by atoms with van der Waals surface area (Å²) in [6.45, 7) is 4.15. The third-order valence-corrected chi connectivity index (χ3v) is 5.13. The molecule has 1 heterocycles. The van der Waals surface area contributed by atoms with Crippen molar-refractivity contribution in [3.8, 4) is 0 Å². The largest absolute Gasteiger partial charge is 0.294 e. The van der Waals surface area contributed by atoms with Crippen LogP contribution in [0.1, 0.15) is 27.8 Å². The van der Waals surface area contributed by atoms with E-state index in [1.807, 2.05) is 79.0 Å². The van der Waals surface area contributed by atoms with Gasteiger partial charge in [0.05, 0.1) is 5.52 Å². The summed E-state index contributed by atoms with van der Waals surface area (Å²) in [4.78, 5) is 18.0. The van der Waals surface area contributed by atoms with Crippen LogP contribution in [0.25, 0.3) is 22.6 Å². The first kappa shape index (κ1) is 18.8. The van der Waals surface area contributed by atoms with Crippen LogP contribution in [-0.2, 0) is 11.2 Å². The molecule has 142 valence electrons. The molecule has 0 aliphatic rings. The maximum Gasteiger partial charge on any atom is 0.167 e. The molecule has 0 fully saturated rings. The summed E-state index contributed by atoms with van der Waals surface area (Å²) in [6, 6.07) is 26.1. The van der Waals surface area contributed by atoms with E-state index in [0.717, 1.165) is 38.7 Å². The number of carbonyl (C=O) groups is 1. The number of allylic oxidation sites excluding steroid dienone is 1. The van der Waals surface area contributed by atoms with Gasteiger partial charge in [-0.15, -0.1) is 0 Å². The minimum Gasteiger partial charge on any atom is -0.294 e. The summed E-state index contributed by atoms with van der Waals surface area (Å²) in [6.07, 6.45) is 4.12. The third kappa shape index (κ3) is 4.17. The number of nitrogens with zero attached hydrogens (tertiary/aromatic N) is 1. The standard InChI is InChI=1S/C27H23NO/c1-19-15-23(27-24(16-19)20(2)13-14-28-27)18-26(29)25(22-11-7-4-8-12-22)17-21-9-5-3-6-10-21/h3-17H,18H2,1-2H3/b25-17+. The van der Waals surface area contributed by atoms with Crippen molar-refractivity contribution in [3.05, 3.63) is 113 Å². The molecule has 0 unspecified atom stereocenters. The van der Waals surface area contributed by atoms with E-state index in [2.05, 4.69) is 31.0 Å². The molecule has 2 heteroatoms. The highest BCUT2D eigenvalue weighted by Gasteiger charge is 2.16. The number of aromatic nitrogens is 1. The van der Waals surface area contributed by atoms with Gasteiger partial charge in [0.2, 0.25) is 0 Å². The van der Waals surface area contributed by atoms with E-state index in [1.54, 1.807) is 0 Å². The van der Waals surface area contributed by atoms with E-state index in [1.165, 1.54) is 5.56 Å². The van der Waals surface area contributed by atoms with Gasteiger partial charge >= 0.3 is 0 Å². The highest BCUT2D eigenvalue weighted by Crippen LogP contribution is 2.26. The Balaban J connectivity index is 1.78. The monoisotopic (exact) mass is 377 g/mol. The molecule has 0 atom stereocenters. The van der Waals surface area contributed by atoms with Crippen LogP contribution in [0.5, 0.6) is 0 Å². The van der Waals surface area contributed by atoms with Gasteiger partial charge in [-0.2, -0.15) is 0 Å². The molecular weight excluding hydrogens is 354 g/mol. The first-order valence-electron chi connectivity index (χ1n) is 9.82. The van der Waals surface area contributed by atoms with Crippen LogP contribution >= 0.6 is 0 Å². The van der Waals surface area contributed by atoms with Gasteiger partial charge in [0.1, 0.15) is 0 Å². The zero-order valence-electron chi connectivity index (χ0n) is 16.7. The van der Waals surface area contributed by atoms with E-state index < -0.39 is 0 Å². The minimum absolute atomic E-state index is 0.0928. The Kier molecular flexibility index (Phi) is 5.35. The fourth-order valence-corrected chi connectivity index (χ4v) is 3.68. The molecule has 1 aromatic heterocycles. The predicted molar refractivity (Wildman–Crippen MR) is 121 cm³/mol. The zero-order chi connectivity index (χ0) is 20.2. The highest BCUT2D eigenvalue weighted by molar-refractivity contribution is 6.26. The number of pyridine rings is 1. The fraction of sp³-hybridized carbons (Fsp3) is 0.111. The topological polar surface area (TPSA) is 30.0 Å². The Morgan fingerprint density at radius 3 is 2.31 bits per heavy atom. The molecule has 0 radical (unpaired) electrons. The maximum atomic E-state index is 13.5. The average molecular weight is 377 g/mol. The van der Waals surface area contributed by atoms with Crippen LogP contribution in [0.15, 0.2) is 85.1 Å². The fourth-order valence-electron chi connectivity index (χ4n) is 3.68. The number of rotatable bonds is 5. The number of benzene rings is 3. The first-order chi connectivity index (χ1) is 14.1. The summed E-state index contributed by atoms with van der Waals surface area (Å²) >= 11 is 0. The van der Waals surface area contributed by atoms with Crippen LogP contribution in [0.2, 0.25) is 0 Å². The number of Topliss-reactive ketones (excluding diaryl/α,β-unsaturated/α-hetero) is 1. The number of carbonyl (C=O) groups excluding carboxylic acids is 1. The van der Waals surface area contributed by atoms with E-state index in [-0.39, 0.29) is 5.78 Å². The lowest BCUT2D eigenvalue weighted by molar-refractivity contribution is -0.113. The zero-order valence-corrected chi connectivity index (χ0v) is 16.7. The molecule has 0 saturated carbocycles. The molecule has 3 aromatic carbocycles. The van der Waals surface area contributed by atoms with Gasteiger partial charge in [-0.25, -0.2) is 0 Å². The number of hydrogen-bond donors (Lipinski definition) is 0. The summed E-state index contributed by atoms with van der Waals surface area (Å²) in [5.41, 5.74) is 6.88. The van der Waals surface area contributed by atoms with Crippen molar-refractivity contribution < 1.29 is 4.79 Å². The molecule has 0 aliphatic heterocycles. The molecular formula is C27H23NO. The van der Waals surface area contributed by atoms with Gasteiger partial charge in [0.15, 0.2) is 5.78 Å². The molecule has 0 spiro atoms. The van der Waals surface area contributed by atoms with Crippen LogP contribution in [0.3, 0.4) is 0 Å². The second kappa shape index (κ2) is 8.24. The van der Waals surface area contributed by atoms with Crippen molar-refractivity contribution in [2.45, 2.75) is 20.3 Å². The van der Waals surface area contributed by atoms with Gasteiger partial charge in [-0.05, 0) is 54.3 Å². The van der Waals surface area contributed by atoms with Crippen molar-refractivity contribution in [3.63, 3.8) is 0 Å². The van der Waals surface area contributed by atoms with Crippen molar-refractivity contribution in [2.75, 3.05) is 0 Å². The normalized spacial score (nSPS) is 11.6. The van der Waals surface area contributed by atoms with E-state index in [0.29, 0.717) is 6.42 Å². The predicted octanol–water partition coefficient (Wildman–Crippen LogP) is 6.20. The SMILES string of the molecule is Cc1cc(CC(=O)/C(=C/c2ccccc2)c2ccccc2)c2nccc(C)c2c1. The molecule has 29 heavy (non-hydrogen) atoms. The Bertz CT molecular complexity index is 1190. The molecule has 4 rings (SSSR count). The summed E-state index contributed by atoms with van der Waals surface area (Å²) in [7, 11) is 0. The van der Waals surface area contributed by atoms with Gasteiger partial charge in [0.25, 0.3) is 0 Å². The second-order valence-corrected chi connectivity index (χ2v) is 7.38. The van der Waals surface area contributed by atoms with E-state index in [9.17, 15) is 4.79 Å². The Hall–Kier alpha value is -3.52. The summed E-state index contributed by atoms with van der Waals surface area (Å²) < 4.78 is 0. The molecule has 4 aromatic rings. The quantitative estimate of drug-likeness (QED) is 0.306. The van der Waals surface area contributed by atoms with Gasteiger partial charge in [0, 0.05) is 23.6 Å². The number of aryl methyl sites for hydroxylation is 2. The minimum atomic E-state index is 0.0928. The lowest BCUT2D eigenvalue weighted by Crippen LogP contribution is -2.07. The first-order valence-corrected chi connectivity index (χ1v) is 9.82. The van der Waals surface area contributed by atoms with Crippen molar-refractivity contribution in [2.24, 2.45) is 0 Å².